The van der Waals surface area contributed by atoms with Crippen molar-refractivity contribution in [2.75, 3.05) is 25.9 Å². The highest BCUT2D eigenvalue weighted by Crippen LogP contribution is 2.20. The lowest BCUT2D eigenvalue weighted by atomic mass is 10.2. The van der Waals surface area contributed by atoms with Gasteiger partial charge in [-0.1, -0.05) is 6.07 Å². The predicted octanol–water partition coefficient (Wildman–Crippen LogP) is 2.63. The summed E-state index contributed by atoms with van der Waals surface area (Å²) in [6.07, 6.45) is 4.08. The van der Waals surface area contributed by atoms with Crippen LogP contribution in [0.5, 0.6) is 0 Å². The first kappa shape index (κ1) is 20.6. The molecule has 24 heavy (non-hydrogen) atoms. The smallest absolute Gasteiger partial charge is 0.250 e. The molecule has 0 saturated heterocycles. The van der Waals surface area contributed by atoms with E-state index in [1.807, 2.05) is 35.4 Å². The Morgan fingerprint density at radius 2 is 2.04 bits per heavy atom. The quantitative estimate of drug-likeness (QED) is 0.407. The summed E-state index contributed by atoms with van der Waals surface area (Å²) in [6, 6.07) is 5.41. The second kappa shape index (κ2) is 10.4. The molecule has 0 bridgehead atoms. The van der Waals surface area contributed by atoms with Crippen LogP contribution in [-0.4, -0.2) is 41.2 Å². The fourth-order valence-electron chi connectivity index (χ4n) is 2.19. The third-order valence-corrected chi connectivity index (χ3v) is 5.12. The van der Waals surface area contributed by atoms with Gasteiger partial charge in [-0.15, -0.1) is 0 Å². The largest absolute Gasteiger partial charge is 0.357 e. The number of aryl methyl sites for hydroxylation is 1. The van der Waals surface area contributed by atoms with Crippen molar-refractivity contribution in [1.82, 2.24) is 15.2 Å². The van der Waals surface area contributed by atoms with E-state index in [0.717, 1.165) is 50.7 Å². The highest BCUT2D eigenvalue weighted by molar-refractivity contribution is 7.99. The Bertz CT molecular complexity index is 581. The van der Waals surface area contributed by atoms with Crippen LogP contribution in [0, 0.1) is 6.92 Å². The van der Waals surface area contributed by atoms with Crippen LogP contribution in [0.4, 0.5) is 0 Å². The molecule has 0 aliphatic rings. The topological polar surface area (TPSA) is 58.4 Å². The van der Waals surface area contributed by atoms with Crippen LogP contribution in [0.25, 0.3) is 0 Å². The van der Waals surface area contributed by atoms with E-state index < -0.39 is 0 Å². The summed E-state index contributed by atoms with van der Waals surface area (Å²) in [5.41, 5.74) is 1.10. The Morgan fingerprint density at radius 3 is 2.67 bits per heavy atom. The monoisotopic (exact) mass is 352 g/mol. The van der Waals surface area contributed by atoms with E-state index >= 15 is 0 Å². The number of nitrogens with one attached hydrogen (secondary N) is 2. The van der Waals surface area contributed by atoms with Crippen molar-refractivity contribution in [2.24, 2.45) is 4.99 Å². The van der Waals surface area contributed by atoms with Gasteiger partial charge in [0.1, 0.15) is 0 Å². The van der Waals surface area contributed by atoms with Crippen molar-refractivity contribution in [3.8, 4) is 0 Å². The zero-order chi connectivity index (χ0) is 18.0. The third kappa shape index (κ3) is 7.43. The fraction of sp³-hybridized carbons (Fsp3) is 0.667. The highest BCUT2D eigenvalue weighted by Gasteiger charge is 2.15. The van der Waals surface area contributed by atoms with Gasteiger partial charge in [-0.2, -0.15) is 11.8 Å². The maximum atomic E-state index is 11.8. The van der Waals surface area contributed by atoms with E-state index in [1.54, 1.807) is 6.07 Å². The number of pyridine rings is 1. The van der Waals surface area contributed by atoms with E-state index in [4.69, 9.17) is 0 Å². The number of aromatic nitrogens is 1. The summed E-state index contributed by atoms with van der Waals surface area (Å²) < 4.78 is 1.98. The van der Waals surface area contributed by atoms with Crippen LogP contribution < -0.4 is 16.2 Å². The van der Waals surface area contributed by atoms with Crippen molar-refractivity contribution in [2.45, 2.75) is 51.8 Å². The maximum Gasteiger partial charge on any atom is 0.250 e. The molecule has 0 unspecified atom stereocenters. The van der Waals surface area contributed by atoms with Gasteiger partial charge < -0.3 is 15.2 Å². The zero-order valence-electron chi connectivity index (χ0n) is 15.7. The number of rotatable bonds is 9. The first-order valence-corrected chi connectivity index (χ1v) is 9.86. The molecule has 0 aliphatic heterocycles. The van der Waals surface area contributed by atoms with Crippen LogP contribution in [-0.2, 0) is 6.54 Å². The Balaban J connectivity index is 2.40. The molecule has 2 N–H and O–H groups in total. The van der Waals surface area contributed by atoms with E-state index in [9.17, 15) is 4.79 Å². The minimum absolute atomic E-state index is 0.0807. The molecule has 0 aliphatic carbocycles. The van der Waals surface area contributed by atoms with Gasteiger partial charge in [0, 0.05) is 36.1 Å². The van der Waals surface area contributed by atoms with Crippen LogP contribution in [0.3, 0.4) is 0 Å². The lowest BCUT2D eigenvalue weighted by molar-refractivity contribution is 0.574. The first-order valence-electron chi connectivity index (χ1n) is 8.63. The molecule has 1 aromatic rings. The van der Waals surface area contributed by atoms with Gasteiger partial charge in [-0.25, -0.2) is 0 Å². The average molecular weight is 353 g/mol. The van der Waals surface area contributed by atoms with E-state index in [1.165, 1.54) is 0 Å². The summed E-state index contributed by atoms with van der Waals surface area (Å²) in [5, 5.41) is 6.66. The van der Waals surface area contributed by atoms with E-state index in [0.29, 0.717) is 0 Å². The lowest BCUT2D eigenvalue weighted by Crippen LogP contribution is -2.39. The fourth-order valence-corrected chi connectivity index (χ4v) is 2.38. The molecule has 1 rings (SSSR count). The molecule has 1 heterocycles. The Hall–Kier alpha value is -1.43. The molecule has 0 saturated carbocycles. The minimum Gasteiger partial charge on any atom is -0.357 e. The second-order valence-electron chi connectivity index (χ2n) is 6.45. The Morgan fingerprint density at radius 1 is 1.29 bits per heavy atom. The van der Waals surface area contributed by atoms with Crippen molar-refractivity contribution in [3.05, 3.63) is 34.2 Å². The van der Waals surface area contributed by atoms with Gasteiger partial charge in [0.15, 0.2) is 5.96 Å². The standard InChI is InChI=1S/C18H32N4OS/c1-6-19-17(21-14-18(3,4)24-5)20-12-7-8-13-22-15(2)10-9-11-16(22)23/h9-11H,6-8,12-14H2,1-5H3,(H2,19,20,21). The second-order valence-corrected chi connectivity index (χ2v) is 7.96. The molecule has 0 radical (unpaired) electrons. The normalized spacial score (nSPS) is 12.3. The zero-order valence-corrected chi connectivity index (χ0v) is 16.5. The Labute approximate surface area is 150 Å². The van der Waals surface area contributed by atoms with Gasteiger partial charge in [0.25, 0.3) is 5.56 Å². The predicted molar refractivity (Wildman–Crippen MR) is 106 cm³/mol. The van der Waals surface area contributed by atoms with Crippen LogP contribution in [0.15, 0.2) is 28.0 Å². The summed E-state index contributed by atoms with van der Waals surface area (Å²) in [6.45, 7) is 11.7. The molecule has 136 valence electrons. The number of hydrogen-bond donors (Lipinski definition) is 2. The van der Waals surface area contributed by atoms with Gasteiger partial charge in [-0.05, 0) is 52.9 Å². The Kier molecular flexibility index (Phi) is 8.97. The molecule has 6 heteroatoms. The molecule has 0 amide bonds. The van der Waals surface area contributed by atoms with Crippen molar-refractivity contribution < 1.29 is 0 Å². The third-order valence-electron chi connectivity index (χ3n) is 3.88. The highest BCUT2D eigenvalue weighted by atomic mass is 32.2. The average Bonchev–Trinajstić information content (AvgIpc) is 2.54. The van der Waals surface area contributed by atoms with Crippen molar-refractivity contribution >= 4 is 17.7 Å². The number of unbranched alkanes of at least 4 members (excludes halogenated alkanes) is 1. The first-order chi connectivity index (χ1) is 11.4. The minimum atomic E-state index is 0.0807. The molecule has 1 aromatic heterocycles. The van der Waals surface area contributed by atoms with Crippen LogP contribution in [0.1, 0.15) is 39.3 Å². The molecular formula is C18H32N4OS. The lowest BCUT2D eigenvalue weighted by Gasteiger charge is -2.20. The van der Waals surface area contributed by atoms with Crippen LogP contribution in [0.2, 0.25) is 0 Å². The SMILES string of the molecule is CCNC(=NCC(C)(C)SC)NCCCCn1c(C)cccc1=O. The molecular weight excluding hydrogens is 320 g/mol. The number of guanidine groups is 1. The molecule has 0 spiro atoms. The maximum absolute atomic E-state index is 11.8. The van der Waals surface area contributed by atoms with Crippen molar-refractivity contribution in [3.63, 3.8) is 0 Å². The molecule has 5 nitrogen and oxygen atoms in total. The molecule has 0 atom stereocenters. The van der Waals surface area contributed by atoms with E-state index in [-0.39, 0.29) is 10.3 Å². The molecule has 0 aromatic carbocycles. The number of hydrogen-bond acceptors (Lipinski definition) is 3. The summed E-state index contributed by atoms with van der Waals surface area (Å²) in [7, 11) is 0. The summed E-state index contributed by atoms with van der Waals surface area (Å²) >= 11 is 1.82. The van der Waals surface area contributed by atoms with Gasteiger partial charge in [0.05, 0.1) is 6.54 Å². The number of aliphatic imine (C=N–C) groups is 1. The molecule has 0 fully saturated rings. The van der Waals surface area contributed by atoms with E-state index in [2.05, 4.69) is 42.7 Å². The summed E-state index contributed by atoms with van der Waals surface area (Å²) in [4.78, 5) is 16.5. The van der Waals surface area contributed by atoms with Crippen LogP contribution >= 0.6 is 11.8 Å². The number of thioether (sulfide) groups is 1. The number of nitrogens with zero attached hydrogens (tertiary/aromatic N) is 2. The van der Waals surface area contributed by atoms with Gasteiger partial charge in [-0.3, -0.25) is 9.79 Å². The van der Waals surface area contributed by atoms with Gasteiger partial charge >= 0.3 is 0 Å². The van der Waals surface area contributed by atoms with Crippen molar-refractivity contribution in [1.29, 1.82) is 0 Å². The summed E-state index contributed by atoms with van der Waals surface area (Å²) in [5.74, 6) is 0.868. The van der Waals surface area contributed by atoms with Gasteiger partial charge in [0.2, 0.25) is 0 Å².